The zero-order valence-corrected chi connectivity index (χ0v) is 14.1. The first-order valence-corrected chi connectivity index (χ1v) is 8.23. The molecule has 3 heterocycles. The molecule has 0 saturated carbocycles. The first-order valence-electron chi connectivity index (χ1n) is 8.23. The number of fused-ring (bicyclic) bond motifs is 1. The zero-order chi connectivity index (χ0) is 18.3. The van der Waals surface area contributed by atoms with Crippen LogP contribution < -0.4 is 9.80 Å². The van der Waals surface area contributed by atoms with Crippen molar-refractivity contribution < 1.29 is 8.78 Å². The Labute approximate surface area is 148 Å². The van der Waals surface area contributed by atoms with Gasteiger partial charge in [0.15, 0.2) is 11.6 Å². The molecule has 1 aliphatic heterocycles. The highest BCUT2D eigenvalue weighted by atomic mass is 19.1. The summed E-state index contributed by atoms with van der Waals surface area (Å²) in [6.45, 7) is 1.32. The molecule has 0 unspecified atom stereocenters. The summed E-state index contributed by atoms with van der Waals surface area (Å²) >= 11 is 0. The molecule has 0 radical (unpaired) electrons. The molecule has 26 heavy (non-hydrogen) atoms. The molecule has 1 atom stereocenters. The quantitative estimate of drug-likeness (QED) is 0.783. The van der Waals surface area contributed by atoms with Crippen LogP contribution in [0.1, 0.15) is 12.0 Å². The minimum Gasteiger partial charge on any atom is -0.365 e. The fourth-order valence-electron chi connectivity index (χ4n) is 3.51. The summed E-state index contributed by atoms with van der Waals surface area (Å²) in [6, 6.07) is 5.74. The molecule has 0 bridgehead atoms. The van der Waals surface area contributed by atoms with Crippen LogP contribution in [0.25, 0.3) is 11.0 Å². The molecule has 1 fully saturated rings. The van der Waals surface area contributed by atoms with Gasteiger partial charge in [0, 0.05) is 32.4 Å². The number of nitrogens with zero attached hydrogens (tertiary/aromatic N) is 5. The standard InChI is InChI=1S/C18H16F2N6/c1-25(16-14(19)6-11(8-21)7-15(16)20)12-3-5-26(9-12)18-13-2-4-22-17(13)23-10-24-18/h2,4,6-7,10,12H,3,5,9H2,1H3,(H,22,23,24)/t12-/m1/s1. The lowest BCUT2D eigenvalue weighted by molar-refractivity contribution is 0.560. The lowest BCUT2D eigenvalue weighted by Crippen LogP contribution is -2.36. The van der Waals surface area contributed by atoms with Crippen molar-refractivity contribution in [3.8, 4) is 6.07 Å². The fourth-order valence-corrected chi connectivity index (χ4v) is 3.51. The van der Waals surface area contributed by atoms with Gasteiger partial charge in [-0.1, -0.05) is 0 Å². The Bertz CT molecular complexity index is 985. The van der Waals surface area contributed by atoms with Gasteiger partial charge in [0.2, 0.25) is 0 Å². The van der Waals surface area contributed by atoms with Crippen LogP contribution in [0.4, 0.5) is 20.3 Å². The largest absolute Gasteiger partial charge is 0.365 e. The van der Waals surface area contributed by atoms with Crippen molar-refractivity contribution >= 4 is 22.5 Å². The third-order valence-corrected chi connectivity index (χ3v) is 4.84. The summed E-state index contributed by atoms with van der Waals surface area (Å²) in [6.07, 6.45) is 4.06. The van der Waals surface area contributed by atoms with Gasteiger partial charge in [-0.2, -0.15) is 5.26 Å². The molecule has 3 aromatic rings. The number of benzene rings is 1. The molecule has 0 amide bonds. The fraction of sp³-hybridized carbons (Fsp3) is 0.278. The molecular formula is C18H16F2N6. The number of H-pyrrole nitrogens is 1. The van der Waals surface area contributed by atoms with Crippen LogP contribution in [0.5, 0.6) is 0 Å². The van der Waals surface area contributed by atoms with Gasteiger partial charge in [-0.25, -0.2) is 18.7 Å². The maximum atomic E-state index is 14.3. The lowest BCUT2D eigenvalue weighted by Gasteiger charge is -2.28. The van der Waals surface area contributed by atoms with Crippen molar-refractivity contribution in [3.63, 3.8) is 0 Å². The van der Waals surface area contributed by atoms with E-state index in [0.717, 1.165) is 41.9 Å². The third kappa shape index (κ3) is 2.62. The number of nitriles is 1. The van der Waals surface area contributed by atoms with Gasteiger partial charge in [-0.3, -0.25) is 0 Å². The van der Waals surface area contributed by atoms with Gasteiger partial charge in [-0.15, -0.1) is 0 Å². The van der Waals surface area contributed by atoms with E-state index >= 15 is 0 Å². The van der Waals surface area contributed by atoms with Crippen molar-refractivity contribution in [1.29, 1.82) is 5.26 Å². The van der Waals surface area contributed by atoms with Crippen LogP contribution in [-0.4, -0.2) is 41.1 Å². The molecule has 0 aliphatic carbocycles. The summed E-state index contributed by atoms with van der Waals surface area (Å²) in [5, 5.41) is 9.76. The molecule has 1 aromatic carbocycles. The van der Waals surface area contributed by atoms with Gasteiger partial charge >= 0.3 is 0 Å². The lowest BCUT2D eigenvalue weighted by atomic mass is 10.1. The number of nitrogens with one attached hydrogen (secondary N) is 1. The Morgan fingerprint density at radius 1 is 1.31 bits per heavy atom. The van der Waals surface area contributed by atoms with E-state index in [1.54, 1.807) is 18.0 Å². The molecule has 2 aromatic heterocycles. The number of halogens is 2. The second kappa shape index (κ2) is 6.26. The molecule has 132 valence electrons. The van der Waals surface area contributed by atoms with Crippen LogP contribution in [0.3, 0.4) is 0 Å². The number of aromatic nitrogens is 3. The van der Waals surface area contributed by atoms with Crippen LogP contribution in [0.2, 0.25) is 0 Å². The highest BCUT2D eigenvalue weighted by Crippen LogP contribution is 2.31. The topological polar surface area (TPSA) is 71.8 Å². The average Bonchev–Trinajstić information content (AvgIpc) is 3.29. The molecule has 1 N–H and O–H groups in total. The zero-order valence-electron chi connectivity index (χ0n) is 14.1. The summed E-state index contributed by atoms with van der Waals surface area (Å²) in [7, 11) is 1.67. The normalized spacial score (nSPS) is 16.8. The minimum absolute atomic E-state index is 0.0268. The van der Waals surface area contributed by atoms with E-state index < -0.39 is 11.6 Å². The van der Waals surface area contributed by atoms with Crippen molar-refractivity contribution in [2.45, 2.75) is 12.5 Å². The molecule has 6 nitrogen and oxygen atoms in total. The molecule has 1 saturated heterocycles. The second-order valence-corrected chi connectivity index (χ2v) is 6.34. The maximum Gasteiger partial charge on any atom is 0.150 e. The molecule has 0 spiro atoms. The van der Waals surface area contributed by atoms with E-state index in [-0.39, 0.29) is 17.3 Å². The highest BCUT2D eigenvalue weighted by Gasteiger charge is 2.30. The van der Waals surface area contributed by atoms with E-state index in [1.807, 2.05) is 12.3 Å². The Hall–Kier alpha value is -3.21. The number of rotatable bonds is 3. The van der Waals surface area contributed by atoms with Crippen molar-refractivity contribution in [3.05, 3.63) is 47.9 Å². The monoisotopic (exact) mass is 354 g/mol. The summed E-state index contributed by atoms with van der Waals surface area (Å²) in [5.74, 6) is -0.636. The third-order valence-electron chi connectivity index (χ3n) is 4.84. The molecular weight excluding hydrogens is 338 g/mol. The van der Waals surface area contributed by atoms with Gasteiger partial charge < -0.3 is 14.8 Å². The van der Waals surface area contributed by atoms with Crippen LogP contribution >= 0.6 is 0 Å². The predicted molar refractivity (Wildman–Crippen MR) is 94.0 cm³/mol. The van der Waals surface area contributed by atoms with Crippen molar-refractivity contribution in [2.24, 2.45) is 0 Å². The van der Waals surface area contributed by atoms with Crippen LogP contribution in [0, 0.1) is 23.0 Å². The van der Waals surface area contributed by atoms with Gasteiger partial charge in [0.05, 0.1) is 17.0 Å². The van der Waals surface area contributed by atoms with E-state index in [2.05, 4.69) is 19.9 Å². The first-order chi connectivity index (χ1) is 12.6. The van der Waals surface area contributed by atoms with E-state index in [4.69, 9.17) is 5.26 Å². The summed E-state index contributed by atoms with van der Waals surface area (Å²) in [5.41, 5.74) is 0.627. The molecule has 8 heteroatoms. The maximum absolute atomic E-state index is 14.3. The SMILES string of the molecule is CN(c1c(F)cc(C#N)cc1F)[C@@H]1CCN(c2ncnc3[nH]ccc23)C1. The number of aromatic amines is 1. The Balaban J connectivity index is 1.59. The Morgan fingerprint density at radius 2 is 2.08 bits per heavy atom. The highest BCUT2D eigenvalue weighted by molar-refractivity contribution is 5.87. The number of anilines is 2. The minimum atomic E-state index is -0.724. The smallest absolute Gasteiger partial charge is 0.150 e. The van der Waals surface area contributed by atoms with Crippen LogP contribution in [-0.2, 0) is 0 Å². The van der Waals surface area contributed by atoms with Crippen molar-refractivity contribution in [2.75, 3.05) is 29.9 Å². The van der Waals surface area contributed by atoms with Crippen molar-refractivity contribution in [1.82, 2.24) is 15.0 Å². The Morgan fingerprint density at radius 3 is 2.81 bits per heavy atom. The number of hydrogen-bond acceptors (Lipinski definition) is 5. The summed E-state index contributed by atoms with van der Waals surface area (Å²) < 4.78 is 28.6. The summed E-state index contributed by atoms with van der Waals surface area (Å²) in [4.78, 5) is 15.3. The van der Waals surface area contributed by atoms with Crippen LogP contribution in [0.15, 0.2) is 30.7 Å². The first kappa shape index (κ1) is 16.3. The van der Waals surface area contributed by atoms with E-state index in [9.17, 15) is 8.78 Å². The molecule has 1 aliphatic rings. The Kier molecular flexibility index (Phi) is 3.92. The number of likely N-dealkylation sites (N-methyl/N-ethyl adjacent to an activating group) is 1. The number of hydrogen-bond donors (Lipinski definition) is 1. The average molecular weight is 354 g/mol. The molecule has 4 rings (SSSR count). The van der Waals surface area contributed by atoms with E-state index in [1.165, 1.54) is 6.33 Å². The predicted octanol–water partition coefficient (Wildman–Crippen LogP) is 2.82. The van der Waals surface area contributed by atoms with Gasteiger partial charge in [0.25, 0.3) is 0 Å². The van der Waals surface area contributed by atoms with Gasteiger partial charge in [-0.05, 0) is 24.6 Å². The van der Waals surface area contributed by atoms with Gasteiger partial charge in [0.1, 0.15) is 23.5 Å². The van der Waals surface area contributed by atoms with E-state index in [0.29, 0.717) is 6.54 Å². The second-order valence-electron chi connectivity index (χ2n) is 6.34.